The van der Waals surface area contributed by atoms with Gasteiger partial charge in [-0.15, -0.1) is 0 Å². The summed E-state index contributed by atoms with van der Waals surface area (Å²) in [5, 5.41) is 0. The van der Waals surface area contributed by atoms with Crippen LogP contribution in [0.1, 0.15) is 23.1 Å². The van der Waals surface area contributed by atoms with E-state index < -0.39 is 10.0 Å². The maximum Gasteiger partial charge on any atom is 0.240 e. The fraction of sp³-hybridized carbons (Fsp3) is 0.455. The molecular formula is C22H31N3O2S. The SMILES string of the molecule is Cc1ccc(S(=O)(=O)NCCCc2ccc(N3CCN(C)CC3)cc2)cc1C. The third-order valence-electron chi connectivity index (χ3n) is 5.53. The van der Waals surface area contributed by atoms with E-state index in [-0.39, 0.29) is 0 Å². The summed E-state index contributed by atoms with van der Waals surface area (Å²) in [6.07, 6.45) is 1.64. The van der Waals surface area contributed by atoms with Crippen molar-refractivity contribution in [2.45, 2.75) is 31.6 Å². The monoisotopic (exact) mass is 401 g/mol. The molecule has 0 unspecified atom stereocenters. The first kappa shape index (κ1) is 20.8. The number of benzene rings is 2. The maximum absolute atomic E-state index is 12.4. The summed E-state index contributed by atoms with van der Waals surface area (Å²) in [6, 6.07) is 13.9. The first-order chi connectivity index (χ1) is 13.3. The zero-order chi connectivity index (χ0) is 20.1. The fourth-order valence-corrected chi connectivity index (χ4v) is 4.56. The second kappa shape index (κ2) is 9.07. The van der Waals surface area contributed by atoms with Gasteiger partial charge in [0, 0.05) is 38.4 Å². The average molecular weight is 402 g/mol. The first-order valence-corrected chi connectivity index (χ1v) is 11.4. The van der Waals surface area contributed by atoms with Crippen LogP contribution in [0.15, 0.2) is 47.4 Å². The summed E-state index contributed by atoms with van der Waals surface area (Å²) in [7, 11) is -1.28. The van der Waals surface area contributed by atoms with Crippen LogP contribution in [0.25, 0.3) is 0 Å². The Balaban J connectivity index is 1.47. The second-order valence-corrected chi connectivity index (χ2v) is 9.47. The molecule has 2 aromatic carbocycles. The lowest BCUT2D eigenvalue weighted by molar-refractivity contribution is 0.313. The summed E-state index contributed by atoms with van der Waals surface area (Å²) in [4.78, 5) is 5.11. The van der Waals surface area contributed by atoms with Crippen LogP contribution in [-0.2, 0) is 16.4 Å². The van der Waals surface area contributed by atoms with Crippen LogP contribution in [0.2, 0.25) is 0 Å². The van der Waals surface area contributed by atoms with Gasteiger partial charge in [0.1, 0.15) is 0 Å². The van der Waals surface area contributed by atoms with Crippen LogP contribution in [0.4, 0.5) is 5.69 Å². The molecule has 1 aliphatic heterocycles. The minimum atomic E-state index is -3.44. The molecule has 152 valence electrons. The number of aryl methyl sites for hydroxylation is 3. The van der Waals surface area contributed by atoms with E-state index in [2.05, 4.69) is 45.8 Å². The van der Waals surface area contributed by atoms with Crippen LogP contribution in [0.5, 0.6) is 0 Å². The van der Waals surface area contributed by atoms with Crippen LogP contribution in [-0.4, -0.2) is 53.1 Å². The summed E-state index contributed by atoms with van der Waals surface area (Å²) < 4.78 is 27.6. The lowest BCUT2D eigenvalue weighted by Crippen LogP contribution is -2.44. The van der Waals surface area contributed by atoms with Crippen molar-refractivity contribution in [3.05, 3.63) is 59.2 Å². The highest BCUT2D eigenvalue weighted by Crippen LogP contribution is 2.18. The highest BCUT2D eigenvalue weighted by molar-refractivity contribution is 7.89. The van der Waals surface area contributed by atoms with Gasteiger partial charge >= 0.3 is 0 Å². The van der Waals surface area contributed by atoms with E-state index >= 15 is 0 Å². The smallest absolute Gasteiger partial charge is 0.240 e. The Bertz CT molecular complexity index is 886. The largest absolute Gasteiger partial charge is 0.369 e. The number of nitrogens with one attached hydrogen (secondary N) is 1. The van der Waals surface area contributed by atoms with E-state index in [0.29, 0.717) is 11.4 Å². The average Bonchev–Trinajstić information content (AvgIpc) is 2.68. The highest BCUT2D eigenvalue weighted by Gasteiger charge is 2.15. The lowest BCUT2D eigenvalue weighted by atomic mass is 10.1. The number of hydrogen-bond donors (Lipinski definition) is 1. The van der Waals surface area contributed by atoms with Gasteiger partial charge in [-0.05, 0) is 74.7 Å². The standard InChI is InChI=1S/C22H31N3O2S/c1-18-6-11-22(17-19(18)2)28(26,27)23-12-4-5-20-7-9-21(10-8-20)25-15-13-24(3)14-16-25/h6-11,17,23H,4-5,12-16H2,1-3H3. The lowest BCUT2D eigenvalue weighted by Gasteiger charge is -2.34. The van der Waals surface area contributed by atoms with Crippen molar-refractivity contribution in [3.8, 4) is 0 Å². The van der Waals surface area contributed by atoms with E-state index in [0.717, 1.165) is 50.1 Å². The third kappa shape index (κ3) is 5.34. The molecule has 3 rings (SSSR count). The van der Waals surface area contributed by atoms with Gasteiger partial charge in [0.25, 0.3) is 0 Å². The van der Waals surface area contributed by atoms with E-state index in [9.17, 15) is 8.42 Å². The van der Waals surface area contributed by atoms with Crippen molar-refractivity contribution in [3.63, 3.8) is 0 Å². The maximum atomic E-state index is 12.4. The van der Waals surface area contributed by atoms with Gasteiger partial charge in [0.15, 0.2) is 0 Å². The molecule has 1 heterocycles. The molecule has 1 aliphatic rings. The van der Waals surface area contributed by atoms with Crippen molar-refractivity contribution in [1.82, 2.24) is 9.62 Å². The molecule has 2 aromatic rings. The van der Waals surface area contributed by atoms with Crippen LogP contribution in [0, 0.1) is 13.8 Å². The number of hydrogen-bond acceptors (Lipinski definition) is 4. The fourth-order valence-electron chi connectivity index (χ4n) is 3.40. The van der Waals surface area contributed by atoms with E-state index in [1.54, 1.807) is 12.1 Å². The Morgan fingerprint density at radius 2 is 1.61 bits per heavy atom. The number of rotatable bonds is 7. The topological polar surface area (TPSA) is 52.7 Å². The van der Waals surface area contributed by atoms with Gasteiger partial charge in [-0.1, -0.05) is 18.2 Å². The van der Waals surface area contributed by atoms with E-state index in [1.165, 1.54) is 11.3 Å². The van der Waals surface area contributed by atoms with Crippen molar-refractivity contribution in [1.29, 1.82) is 0 Å². The molecule has 0 spiro atoms. The van der Waals surface area contributed by atoms with Crippen LogP contribution < -0.4 is 9.62 Å². The minimum absolute atomic E-state index is 0.340. The quantitative estimate of drug-likeness (QED) is 0.725. The molecule has 0 bridgehead atoms. The van der Waals surface area contributed by atoms with Crippen molar-refractivity contribution >= 4 is 15.7 Å². The molecule has 0 atom stereocenters. The van der Waals surface area contributed by atoms with Crippen LogP contribution >= 0.6 is 0 Å². The summed E-state index contributed by atoms with van der Waals surface area (Å²) in [6.45, 7) is 8.68. The molecule has 1 fully saturated rings. The van der Waals surface area contributed by atoms with Gasteiger partial charge < -0.3 is 9.80 Å². The van der Waals surface area contributed by atoms with Gasteiger partial charge in [-0.3, -0.25) is 0 Å². The van der Waals surface area contributed by atoms with Crippen molar-refractivity contribution < 1.29 is 8.42 Å². The molecule has 6 heteroatoms. The zero-order valence-electron chi connectivity index (χ0n) is 17.1. The number of likely N-dealkylation sites (N-methyl/N-ethyl adjacent to an activating group) is 1. The Kier molecular flexibility index (Phi) is 6.75. The Labute approximate surface area is 169 Å². The van der Waals surface area contributed by atoms with E-state index in [1.807, 2.05) is 19.9 Å². The predicted octanol–water partition coefficient (Wildman–Crippen LogP) is 2.97. The number of piperazine rings is 1. The van der Waals surface area contributed by atoms with Crippen molar-refractivity contribution in [2.24, 2.45) is 0 Å². The molecule has 0 saturated carbocycles. The number of sulfonamides is 1. The number of anilines is 1. The zero-order valence-corrected chi connectivity index (χ0v) is 17.9. The predicted molar refractivity (Wildman–Crippen MR) is 116 cm³/mol. The molecule has 1 N–H and O–H groups in total. The highest BCUT2D eigenvalue weighted by atomic mass is 32.2. The molecular weight excluding hydrogens is 370 g/mol. The third-order valence-corrected chi connectivity index (χ3v) is 6.99. The summed E-state index contributed by atoms with van der Waals surface area (Å²) in [5.41, 5.74) is 4.60. The Hall–Kier alpha value is -1.89. The Morgan fingerprint density at radius 3 is 2.25 bits per heavy atom. The summed E-state index contributed by atoms with van der Waals surface area (Å²) in [5.74, 6) is 0. The second-order valence-electron chi connectivity index (χ2n) is 7.70. The van der Waals surface area contributed by atoms with E-state index in [4.69, 9.17) is 0 Å². The number of nitrogens with zero attached hydrogens (tertiary/aromatic N) is 2. The summed E-state index contributed by atoms with van der Waals surface area (Å²) >= 11 is 0. The van der Waals surface area contributed by atoms with Crippen molar-refractivity contribution in [2.75, 3.05) is 44.7 Å². The van der Waals surface area contributed by atoms with Gasteiger partial charge in [0.05, 0.1) is 4.90 Å². The molecule has 0 aliphatic carbocycles. The normalized spacial score (nSPS) is 15.8. The Morgan fingerprint density at radius 1 is 0.929 bits per heavy atom. The van der Waals surface area contributed by atoms with Gasteiger partial charge in [-0.2, -0.15) is 0 Å². The minimum Gasteiger partial charge on any atom is -0.369 e. The first-order valence-electron chi connectivity index (χ1n) is 9.94. The molecule has 1 saturated heterocycles. The molecule has 28 heavy (non-hydrogen) atoms. The molecule has 5 nitrogen and oxygen atoms in total. The molecule has 0 aromatic heterocycles. The van der Waals surface area contributed by atoms with Gasteiger partial charge in [0.2, 0.25) is 10.0 Å². The van der Waals surface area contributed by atoms with Crippen LogP contribution in [0.3, 0.4) is 0 Å². The van der Waals surface area contributed by atoms with Gasteiger partial charge in [-0.25, -0.2) is 13.1 Å². The molecule has 0 amide bonds. The molecule has 0 radical (unpaired) electrons.